The monoisotopic (exact) mass is 555 g/mol. The fourth-order valence-corrected chi connectivity index (χ4v) is 4.83. The van der Waals surface area contributed by atoms with Crippen molar-refractivity contribution in [2.24, 2.45) is 0 Å². The van der Waals surface area contributed by atoms with Crippen molar-refractivity contribution in [3.05, 3.63) is 55.5 Å². The standard InChI is InChI=1S/C15H6Br2F7NO2S/c16-8-5-10(17)12(7-2-1-3-9(4-7)25(26)27)11(6-8)28-15(23,24)13(18,19)14(20,21)22/h1-6H. The first-order valence-corrected chi connectivity index (χ1v) is 9.33. The van der Waals surface area contributed by atoms with Gasteiger partial charge in [0.05, 0.1) is 4.92 Å². The van der Waals surface area contributed by atoms with E-state index in [1.54, 1.807) is 0 Å². The first-order chi connectivity index (χ1) is 12.7. The minimum Gasteiger partial charge on any atom is -0.258 e. The van der Waals surface area contributed by atoms with Crippen LogP contribution in [0, 0.1) is 10.1 Å². The van der Waals surface area contributed by atoms with E-state index in [1.807, 2.05) is 0 Å². The van der Waals surface area contributed by atoms with Crippen LogP contribution in [0.1, 0.15) is 0 Å². The molecule has 152 valence electrons. The molecule has 28 heavy (non-hydrogen) atoms. The Morgan fingerprint density at radius 3 is 2.11 bits per heavy atom. The Labute approximate surface area is 173 Å². The van der Waals surface area contributed by atoms with Gasteiger partial charge in [-0.25, -0.2) is 0 Å². The van der Waals surface area contributed by atoms with Crippen molar-refractivity contribution < 1.29 is 35.7 Å². The van der Waals surface area contributed by atoms with Crippen LogP contribution in [0.5, 0.6) is 0 Å². The molecule has 2 rings (SSSR count). The summed E-state index contributed by atoms with van der Waals surface area (Å²) in [6.07, 6.45) is -6.47. The molecule has 0 radical (unpaired) electrons. The summed E-state index contributed by atoms with van der Waals surface area (Å²) in [5.74, 6) is -6.31. The van der Waals surface area contributed by atoms with E-state index in [4.69, 9.17) is 0 Å². The van der Waals surface area contributed by atoms with E-state index in [2.05, 4.69) is 31.9 Å². The lowest BCUT2D eigenvalue weighted by atomic mass is 10.1. The predicted octanol–water partition coefficient (Wildman–Crippen LogP) is 7.67. The Bertz CT molecular complexity index is 922. The van der Waals surface area contributed by atoms with E-state index >= 15 is 0 Å². The SMILES string of the molecule is O=[N+]([O-])c1cccc(-c2c(Br)cc(Br)cc2SC(F)(F)C(F)(F)C(F)(F)F)c1. The number of hydrogen-bond acceptors (Lipinski definition) is 3. The van der Waals surface area contributed by atoms with Gasteiger partial charge in [-0.1, -0.05) is 44.0 Å². The maximum Gasteiger partial charge on any atom is 0.460 e. The van der Waals surface area contributed by atoms with Crippen molar-refractivity contribution in [2.75, 3.05) is 0 Å². The average Bonchev–Trinajstić information content (AvgIpc) is 2.52. The van der Waals surface area contributed by atoms with Crippen molar-refractivity contribution in [1.29, 1.82) is 0 Å². The molecule has 0 atom stereocenters. The number of benzene rings is 2. The highest BCUT2D eigenvalue weighted by molar-refractivity contribution is 9.11. The van der Waals surface area contributed by atoms with Crippen LogP contribution in [0.25, 0.3) is 11.1 Å². The summed E-state index contributed by atoms with van der Waals surface area (Å²) in [4.78, 5) is 9.50. The molecule has 0 aromatic heterocycles. The Morgan fingerprint density at radius 1 is 0.964 bits per heavy atom. The predicted molar refractivity (Wildman–Crippen MR) is 95.7 cm³/mol. The van der Waals surface area contributed by atoms with Gasteiger partial charge in [0.1, 0.15) is 0 Å². The summed E-state index contributed by atoms with van der Waals surface area (Å²) in [6, 6.07) is 6.83. The summed E-state index contributed by atoms with van der Waals surface area (Å²) in [6.45, 7) is 0. The minimum absolute atomic E-state index is 0.0257. The first kappa shape index (κ1) is 22.9. The van der Waals surface area contributed by atoms with E-state index in [0.29, 0.717) is 0 Å². The fourth-order valence-electron chi connectivity index (χ4n) is 2.05. The maximum atomic E-state index is 13.9. The van der Waals surface area contributed by atoms with E-state index in [0.717, 1.165) is 18.2 Å². The number of thioether (sulfide) groups is 1. The number of nitrogens with zero attached hydrogens (tertiary/aromatic N) is 1. The van der Waals surface area contributed by atoms with Crippen LogP contribution < -0.4 is 0 Å². The summed E-state index contributed by atoms with van der Waals surface area (Å²) >= 11 is 4.99. The second-order valence-corrected chi connectivity index (χ2v) is 8.19. The van der Waals surface area contributed by atoms with Gasteiger partial charge in [-0.15, -0.1) is 0 Å². The molecule has 13 heteroatoms. The van der Waals surface area contributed by atoms with E-state index in [-0.39, 0.29) is 20.1 Å². The molecule has 0 saturated carbocycles. The molecule has 2 aromatic rings. The van der Waals surface area contributed by atoms with Gasteiger partial charge in [0, 0.05) is 31.5 Å². The van der Waals surface area contributed by atoms with E-state index < -0.39 is 44.6 Å². The zero-order valence-electron chi connectivity index (χ0n) is 13.0. The summed E-state index contributed by atoms with van der Waals surface area (Å²) < 4.78 is 91.8. The number of hydrogen-bond donors (Lipinski definition) is 0. The summed E-state index contributed by atoms with van der Waals surface area (Å²) in [7, 11) is 0. The lowest BCUT2D eigenvalue weighted by Gasteiger charge is -2.28. The highest BCUT2D eigenvalue weighted by Gasteiger charge is 2.73. The molecule has 2 aromatic carbocycles. The molecule has 0 unspecified atom stereocenters. The number of rotatable bonds is 5. The third-order valence-corrected chi connectivity index (χ3v) is 5.46. The van der Waals surface area contributed by atoms with Crippen LogP contribution >= 0.6 is 43.6 Å². The Kier molecular flexibility index (Phi) is 6.41. The molecule has 0 saturated heterocycles. The second-order valence-electron chi connectivity index (χ2n) is 5.26. The Hall–Kier alpha value is -1.34. The van der Waals surface area contributed by atoms with Crippen LogP contribution in [0.15, 0.2) is 50.2 Å². The average molecular weight is 557 g/mol. The second kappa shape index (κ2) is 7.82. The number of non-ortho nitro benzene ring substituents is 1. The highest BCUT2D eigenvalue weighted by atomic mass is 79.9. The molecular formula is C15H6Br2F7NO2S. The number of nitro benzene ring substituents is 1. The van der Waals surface area contributed by atoms with Crippen LogP contribution in [-0.2, 0) is 0 Å². The third-order valence-electron chi connectivity index (χ3n) is 3.32. The molecular weight excluding hydrogens is 551 g/mol. The molecule has 0 aliphatic rings. The number of halogens is 9. The van der Waals surface area contributed by atoms with Gasteiger partial charge in [-0.05, 0) is 29.5 Å². The number of nitro groups is 1. The van der Waals surface area contributed by atoms with Gasteiger partial charge in [-0.3, -0.25) is 10.1 Å². The maximum absolute atomic E-state index is 13.9. The zero-order chi connectivity index (χ0) is 21.5. The quantitative estimate of drug-likeness (QED) is 0.164. The van der Waals surface area contributed by atoms with Gasteiger partial charge in [0.15, 0.2) is 0 Å². The van der Waals surface area contributed by atoms with Crippen LogP contribution in [0.2, 0.25) is 0 Å². The van der Waals surface area contributed by atoms with Crippen molar-refractivity contribution in [3.63, 3.8) is 0 Å². The zero-order valence-corrected chi connectivity index (χ0v) is 17.0. The first-order valence-electron chi connectivity index (χ1n) is 6.92. The van der Waals surface area contributed by atoms with Crippen LogP contribution in [0.3, 0.4) is 0 Å². The van der Waals surface area contributed by atoms with Gasteiger partial charge >= 0.3 is 17.4 Å². The van der Waals surface area contributed by atoms with Crippen molar-refractivity contribution >= 4 is 49.3 Å². The van der Waals surface area contributed by atoms with Gasteiger partial charge in [0.25, 0.3) is 5.69 Å². The lowest BCUT2D eigenvalue weighted by molar-refractivity contribution is -0.384. The molecule has 0 amide bonds. The molecule has 0 bridgehead atoms. The summed E-state index contributed by atoms with van der Waals surface area (Å²) in [5.41, 5.74) is -0.646. The van der Waals surface area contributed by atoms with E-state index in [1.165, 1.54) is 18.2 Å². The van der Waals surface area contributed by atoms with Crippen LogP contribution in [0.4, 0.5) is 36.4 Å². The molecule has 0 aliphatic heterocycles. The Balaban J connectivity index is 2.64. The van der Waals surface area contributed by atoms with Crippen molar-refractivity contribution in [3.8, 4) is 11.1 Å². The van der Waals surface area contributed by atoms with Crippen molar-refractivity contribution in [2.45, 2.75) is 22.2 Å². The minimum atomic E-state index is -6.47. The van der Waals surface area contributed by atoms with Gasteiger partial charge < -0.3 is 0 Å². The smallest absolute Gasteiger partial charge is 0.258 e. The van der Waals surface area contributed by atoms with Crippen LogP contribution in [-0.4, -0.2) is 22.3 Å². The van der Waals surface area contributed by atoms with Gasteiger partial charge in [-0.2, -0.15) is 30.7 Å². The lowest BCUT2D eigenvalue weighted by Crippen LogP contribution is -2.49. The number of alkyl halides is 7. The normalized spacial score (nSPS) is 12.9. The largest absolute Gasteiger partial charge is 0.460 e. The molecule has 0 aliphatic carbocycles. The highest BCUT2D eigenvalue weighted by Crippen LogP contribution is 2.56. The topological polar surface area (TPSA) is 43.1 Å². The fraction of sp³-hybridized carbons (Fsp3) is 0.200. The van der Waals surface area contributed by atoms with Gasteiger partial charge in [0.2, 0.25) is 0 Å². The molecule has 0 heterocycles. The molecule has 0 fully saturated rings. The molecule has 0 spiro atoms. The van der Waals surface area contributed by atoms with Crippen molar-refractivity contribution in [1.82, 2.24) is 0 Å². The third kappa shape index (κ3) is 4.46. The van der Waals surface area contributed by atoms with E-state index in [9.17, 15) is 40.8 Å². The molecule has 3 nitrogen and oxygen atoms in total. The molecule has 0 N–H and O–H groups in total. The Morgan fingerprint density at radius 2 is 1.57 bits per heavy atom. The summed E-state index contributed by atoms with van der Waals surface area (Å²) in [5, 5.41) is 5.38.